The summed E-state index contributed by atoms with van der Waals surface area (Å²) in [5.74, 6) is 0.948. The Labute approximate surface area is 137 Å². The van der Waals surface area contributed by atoms with Crippen LogP contribution in [-0.2, 0) is 16.1 Å². The van der Waals surface area contributed by atoms with Gasteiger partial charge >= 0.3 is 0 Å². The van der Waals surface area contributed by atoms with E-state index >= 15 is 0 Å². The first-order chi connectivity index (χ1) is 11.5. The van der Waals surface area contributed by atoms with Gasteiger partial charge in [-0.1, -0.05) is 19.1 Å². The zero-order valence-electron chi connectivity index (χ0n) is 13.3. The smallest absolute Gasteiger partial charge is 0.246 e. The lowest BCUT2D eigenvalue weighted by atomic mass is 10.2. The van der Waals surface area contributed by atoms with E-state index in [1.165, 1.54) is 10.9 Å². The number of ether oxygens (including phenoxy) is 2. The van der Waals surface area contributed by atoms with E-state index in [0.717, 1.165) is 0 Å². The Balaban J connectivity index is 1.57. The number of carbonyl (C=O) groups is 2. The lowest BCUT2D eigenvalue weighted by molar-refractivity contribution is -0.119. The fourth-order valence-electron chi connectivity index (χ4n) is 2.03. The van der Waals surface area contributed by atoms with Crippen molar-refractivity contribution in [3.05, 3.63) is 24.4 Å². The second-order valence-electron chi connectivity index (χ2n) is 5.56. The molecule has 2 heterocycles. The summed E-state index contributed by atoms with van der Waals surface area (Å²) in [7, 11) is 0. The number of anilines is 2. The summed E-state index contributed by atoms with van der Waals surface area (Å²) in [5.41, 5.74) is 0.595. The van der Waals surface area contributed by atoms with Gasteiger partial charge in [0.15, 0.2) is 17.3 Å². The Bertz CT molecular complexity index is 771. The first kappa shape index (κ1) is 15.8. The molecule has 0 fully saturated rings. The molecule has 0 unspecified atom stereocenters. The maximum atomic E-state index is 12.1. The van der Waals surface area contributed by atoms with Gasteiger partial charge in [-0.15, -0.1) is 5.10 Å². The van der Waals surface area contributed by atoms with Gasteiger partial charge in [0.25, 0.3) is 0 Å². The van der Waals surface area contributed by atoms with Crippen LogP contribution in [0.3, 0.4) is 0 Å². The second-order valence-corrected chi connectivity index (χ2v) is 5.56. The molecule has 3 rings (SSSR count). The zero-order valence-corrected chi connectivity index (χ0v) is 13.3. The van der Waals surface area contributed by atoms with Gasteiger partial charge in [-0.25, -0.2) is 4.68 Å². The molecular weight excluding hydrogens is 314 g/mol. The van der Waals surface area contributed by atoms with Crippen LogP contribution in [0.2, 0.25) is 0 Å². The average Bonchev–Trinajstić information content (AvgIpc) is 3.15. The molecule has 9 nitrogen and oxygen atoms in total. The first-order valence-corrected chi connectivity index (χ1v) is 7.42. The van der Waals surface area contributed by atoms with E-state index in [1.54, 1.807) is 32.0 Å². The van der Waals surface area contributed by atoms with E-state index in [-0.39, 0.29) is 31.1 Å². The van der Waals surface area contributed by atoms with Crippen LogP contribution in [0, 0.1) is 5.92 Å². The molecular formula is C15H17N5O4. The number of aromatic nitrogens is 3. The topological polar surface area (TPSA) is 107 Å². The van der Waals surface area contributed by atoms with Gasteiger partial charge in [-0.2, -0.15) is 0 Å². The molecule has 0 radical (unpaired) electrons. The summed E-state index contributed by atoms with van der Waals surface area (Å²) in [5, 5.41) is 13.0. The molecule has 24 heavy (non-hydrogen) atoms. The van der Waals surface area contributed by atoms with Crippen molar-refractivity contribution in [3.63, 3.8) is 0 Å². The molecule has 9 heteroatoms. The number of nitrogens with zero attached hydrogens (tertiary/aromatic N) is 3. The van der Waals surface area contributed by atoms with Gasteiger partial charge in [0.1, 0.15) is 6.54 Å². The van der Waals surface area contributed by atoms with Crippen LogP contribution in [0.4, 0.5) is 11.5 Å². The van der Waals surface area contributed by atoms with Gasteiger partial charge in [0, 0.05) is 17.7 Å². The SMILES string of the molecule is CC(C)C(=O)Nc1cn(CC(=O)Nc2ccc3c(c2)OCO3)nn1. The van der Waals surface area contributed by atoms with Crippen LogP contribution in [0.25, 0.3) is 0 Å². The molecule has 1 aliphatic heterocycles. The second kappa shape index (κ2) is 6.57. The summed E-state index contributed by atoms with van der Waals surface area (Å²) in [6, 6.07) is 5.14. The number of hydrogen-bond donors (Lipinski definition) is 2. The number of carbonyl (C=O) groups excluding carboxylic acids is 2. The molecule has 1 aliphatic rings. The van der Waals surface area contributed by atoms with Gasteiger partial charge in [-0.3, -0.25) is 9.59 Å². The molecule has 0 bridgehead atoms. The highest BCUT2D eigenvalue weighted by Gasteiger charge is 2.15. The number of hydrogen-bond acceptors (Lipinski definition) is 6. The molecule has 0 saturated carbocycles. The molecule has 2 aromatic rings. The molecule has 0 atom stereocenters. The van der Waals surface area contributed by atoms with Crippen molar-refractivity contribution in [2.24, 2.45) is 5.92 Å². The van der Waals surface area contributed by atoms with Crippen LogP contribution in [-0.4, -0.2) is 33.6 Å². The highest BCUT2D eigenvalue weighted by Crippen LogP contribution is 2.34. The third-order valence-electron chi connectivity index (χ3n) is 3.28. The number of nitrogens with one attached hydrogen (secondary N) is 2. The van der Waals surface area contributed by atoms with Crippen molar-refractivity contribution in [1.29, 1.82) is 0 Å². The lowest BCUT2D eigenvalue weighted by Crippen LogP contribution is -2.19. The van der Waals surface area contributed by atoms with Crippen LogP contribution < -0.4 is 20.1 Å². The Morgan fingerprint density at radius 1 is 1.25 bits per heavy atom. The highest BCUT2D eigenvalue weighted by atomic mass is 16.7. The van der Waals surface area contributed by atoms with Crippen molar-refractivity contribution >= 4 is 23.3 Å². The molecule has 0 saturated heterocycles. The molecule has 126 valence electrons. The summed E-state index contributed by atoms with van der Waals surface area (Å²) in [4.78, 5) is 23.7. The Morgan fingerprint density at radius 2 is 2.04 bits per heavy atom. The molecule has 1 aromatic heterocycles. The Hall–Kier alpha value is -3.10. The summed E-state index contributed by atoms with van der Waals surface area (Å²) in [6.45, 7) is 3.70. The third kappa shape index (κ3) is 3.62. The first-order valence-electron chi connectivity index (χ1n) is 7.42. The summed E-state index contributed by atoms with van der Waals surface area (Å²) >= 11 is 0. The fraction of sp³-hybridized carbons (Fsp3) is 0.333. The standard InChI is InChI=1S/C15H17N5O4/c1-9(2)15(22)17-13-6-20(19-18-13)7-14(21)16-10-3-4-11-12(5-10)24-8-23-11/h3-6,9H,7-8H2,1-2H3,(H,16,21)(H,17,22). The summed E-state index contributed by atoms with van der Waals surface area (Å²) < 4.78 is 11.8. The highest BCUT2D eigenvalue weighted by molar-refractivity contribution is 5.92. The van der Waals surface area contributed by atoms with Crippen LogP contribution in [0.1, 0.15) is 13.8 Å². The monoisotopic (exact) mass is 331 g/mol. The maximum Gasteiger partial charge on any atom is 0.246 e. The third-order valence-corrected chi connectivity index (χ3v) is 3.28. The Kier molecular flexibility index (Phi) is 4.32. The van der Waals surface area contributed by atoms with E-state index in [1.807, 2.05) is 0 Å². The maximum absolute atomic E-state index is 12.1. The van der Waals surface area contributed by atoms with E-state index < -0.39 is 0 Å². The van der Waals surface area contributed by atoms with Gasteiger partial charge in [0.05, 0.1) is 6.20 Å². The van der Waals surface area contributed by atoms with Crippen molar-refractivity contribution < 1.29 is 19.1 Å². The quantitative estimate of drug-likeness (QED) is 0.853. The molecule has 0 aliphatic carbocycles. The normalized spacial score (nSPS) is 12.3. The van der Waals surface area contributed by atoms with E-state index in [4.69, 9.17) is 9.47 Å². The number of fused-ring (bicyclic) bond motifs is 1. The minimum absolute atomic E-state index is 0.0288. The van der Waals surface area contributed by atoms with Crippen LogP contribution in [0.15, 0.2) is 24.4 Å². The van der Waals surface area contributed by atoms with E-state index in [9.17, 15) is 9.59 Å². The van der Waals surface area contributed by atoms with E-state index in [0.29, 0.717) is 23.0 Å². The van der Waals surface area contributed by atoms with Gasteiger partial charge < -0.3 is 20.1 Å². The predicted octanol–water partition coefficient (Wildman–Crippen LogP) is 1.24. The van der Waals surface area contributed by atoms with Crippen molar-refractivity contribution in [3.8, 4) is 11.5 Å². The van der Waals surface area contributed by atoms with E-state index in [2.05, 4.69) is 20.9 Å². The summed E-state index contributed by atoms with van der Waals surface area (Å²) in [6.07, 6.45) is 1.50. The van der Waals surface area contributed by atoms with Gasteiger partial charge in [-0.05, 0) is 12.1 Å². The number of rotatable bonds is 5. The van der Waals surface area contributed by atoms with Crippen molar-refractivity contribution in [2.45, 2.75) is 20.4 Å². The zero-order chi connectivity index (χ0) is 17.1. The number of amides is 2. The molecule has 2 N–H and O–H groups in total. The molecule has 0 spiro atoms. The lowest BCUT2D eigenvalue weighted by Gasteiger charge is -2.06. The number of benzene rings is 1. The van der Waals surface area contributed by atoms with Crippen molar-refractivity contribution in [1.82, 2.24) is 15.0 Å². The van der Waals surface area contributed by atoms with Gasteiger partial charge in [0.2, 0.25) is 18.6 Å². The van der Waals surface area contributed by atoms with Crippen molar-refractivity contribution in [2.75, 3.05) is 17.4 Å². The Morgan fingerprint density at radius 3 is 2.83 bits per heavy atom. The minimum Gasteiger partial charge on any atom is -0.454 e. The van der Waals surface area contributed by atoms with Crippen LogP contribution in [0.5, 0.6) is 11.5 Å². The fourth-order valence-corrected chi connectivity index (χ4v) is 2.03. The average molecular weight is 331 g/mol. The largest absolute Gasteiger partial charge is 0.454 e. The molecule has 2 amide bonds. The predicted molar refractivity (Wildman–Crippen MR) is 84.7 cm³/mol. The van der Waals surface area contributed by atoms with Crippen LogP contribution >= 0.6 is 0 Å². The molecule has 1 aromatic carbocycles. The minimum atomic E-state index is -0.277.